The second-order valence-corrected chi connectivity index (χ2v) is 9.60. The van der Waals surface area contributed by atoms with Gasteiger partial charge < -0.3 is 15.0 Å². The number of nitrogens with one attached hydrogen (secondary N) is 1. The number of phenols is 1. The minimum atomic E-state index is -0.0131. The molecule has 0 bridgehead atoms. The van der Waals surface area contributed by atoms with Crippen LogP contribution in [0.4, 0.5) is 0 Å². The lowest BCUT2D eigenvalue weighted by Crippen LogP contribution is -2.58. The summed E-state index contributed by atoms with van der Waals surface area (Å²) in [6.07, 6.45) is 7.05. The van der Waals surface area contributed by atoms with Gasteiger partial charge in [0.2, 0.25) is 5.65 Å². The number of aromatic hydroxyl groups is 1. The maximum atomic E-state index is 10.6. The zero-order valence-electron chi connectivity index (χ0n) is 18.1. The molecule has 9 nitrogen and oxygen atoms in total. The topological polar surface area (TPSA) is 107 Å². The first kappa shape index (κ1) is 19.6. The van der Waals surface area contributed by atoms with Crippen molar-refractivity contribution in [3.05, 3.63) is 43.0 Å². The maximum absolute atomic E-state index is 10.6. The SMILES string of the molecule is CC1(C)CC(n2nnc3cc(-c4ccc(-n5ccnc5)cc4O)nnc32)CC(C)(C)N1. The second-order valence-electron chi connectivity index (χ2n) is 9.60. The summed E-state index contributed by atoms with van der Waals surface area (Å²) in [5.74, 6) is 0.120. The van der Waals surface area contributed by atoms with Crippen LogP contribution in [0.1, 0.15) is 46.6 Å². The molecule has 160 valence electrons. The lowest BCUT2D eigenvalue weighted by Gasteiger charge is -2.46. The molecule has 31 heavy (non-hydrogen) atoms. The van der Waals surface area contributed by atoms with Crippen molar-refractivity contribution >= 4 is 11.2 Å². The van der Waals surface area contributed by atoms with Gasteiger partial charge in [0.1, 0.15) is 11.3 Å². The number of piperidine rings is 1. The van der Waals surface area contributed by atoms with Crippen molar-refractivity contribution < 1.29 is 5.11 Å². The third kappa shape index (κ3) is 3.65. The Labute approximate surface area is 180 Å². The number of hydrogen-bond acceptors (Lipinski definition) is 7. The molecule has 2 N–H and O–H groups in total. The van der Waals surface area contributed by atoms with Gasteiger partial charge in [-0.25, -0.2) is 9.67 Å². The fourth-order valence-corrected chi connectivity index (χ4v) is 4.88. The summed E-state index contributed by atoms with van der Waals surface area (Å²) >= 11 is 0. The molecule has 1 aromatic carbocycles. The third-order valence-corrected chi connectivity index (χ3v) is 5.80. The van der Waals surface area contributed by atoms with Crippen molar-refractivity contribution in [3.8, 4) is 22.7 Å². The van der Waals surface area contributed by atoms with Crippen LogP contribution in [0, 0.1) is 0 Å². The number of benzene rings is 1. The Kier molecular flexibility index (Phi) is 4.33. The molecule has 0 saturated carbocycles. The molecule has 1 aliphatic rings. The molecule has 0 unspecified atom stereocenters. The van der Waals surface area contributed by atoms with E-state index in [1.54, 1.807) is 18.6 Å². The van der Waals surface area contributed by atoms with Crippen molar-refractivity contribution in [2.45, 2.75) is 57.7 Å². The molecule has 0 spiro atoms. The van der Waals surface area contributed by atoms with Crippen LogP contribution in [0.2, 0.25) is 0 Å². The number of nitrogens with zero attached hydrogens (tertiary/aromatic N) is 7. The monoisotopic (exact) mass is 418 g/mol. The lowest BCUT2D eigenvalue weighted by atomic mass is 9.80. The fourth-order valence-electron chi connectivity index (χ4n) is 4.88. The summed E-state index contributed by atoms with van der Waals surface area (Å²) in [7, 11) is 0. The zero-order chi connectivity index (χ0) is 21.8. The second kappa shape index (κ2) is 6.84. The van der Waals surface area contributed by atoms with Gasteiger partial charge in [-0.15, -0.1) is 15.3 Å². The first-order chi connectivity index (χ1) is 14.7. The summed E-state index contributed by atoms with van der Waals surface area (Å²) in [6.45, 7) is 8.83. The average Bonchev–Trinajstić information content (AvgIpc) is 3.35. The van der Waals surface area contributed by atoms with E-state index in [1.807, 2.05) is 33.6 Å². The first-order valence-corrected chi connectivity index (χ1v) is 10.4. The summed E-state index contributed by atoms with van der Waals surface area (Å²) < 4.78 is 3.73. The number of fused-ring (bicyclic) bond motifs is 1. The molecule has 9 heteroatoms. The van der Waals surface area contributed by atoms with E-state index in [0.29, 0.717) is 22.4 Å². The van der Waals surface area contributed by atoms with Crippen LogP contribution in [0.15, 0.2) is 43.0 Å². The Morgan fingerprint density at radius 1 is 1.03 bits per heavy atom. The third-order valence-electron chi connectivity index (χ3n) is 5.80. The predicted molar refractivity (Wildman–Crippen MR) is 117 cm³/mol. The normalized spacial score (nSPS) is 18.5. The zero-order valence-corrected chi connectivity index (χ0v) is 18.1. The van der Waals surface area contributed by atoms with Crippen molar-refractivity contribution in [2.24, 2.45) is 0 Å². The molecule has 4 heterocycles. The quantitative estimate of drug-likeness (QED) is 0.526. The highest BCUT2D eigenvalue weighted by Crippen LogP contribution is 2.37. The van der Waals surface area contributed by atoms with E-state index in [1.165, 1.54) is 0 Å². The molecular formula is C22H26N8O. The Hall–Kier alpha value is -3.33. The molecule has 1 fully saturated rings. The van der Waals surface area contributed by atoms with Crippen LogP contribution in [0.5, 0.6) is 5.75 Å². The van der Waals surface area contributed by atoms with E-state index < -0.39 is 0 Å². The van der Waals surface area contributed by atoms with E-state index in [0.717, 1.165) is 18.5 Å². The average molecular weight is 419 g/mol. The van der Waals surface area contributed by atoms with Crippen LogP contribution in [-0.2, 0) is 0 Å². The Balaban J connectivity index is 1.49. The number of rotatable bonds is 3. The molecule has 1 aliphatic heterocycles. The van der Waals surface area contributed by atoms with Crippen LogP contribution in [0.25, 0.3) is 28.1 Å². The highest BCUT2D eigenvalue weighted by Gasteiger charge is 2.39. The van der Waals surface area contributed by atoms with Gasteiger partial charge >= 0.3 is 0 Å². The molecule has 0 atom stereocenters. The van der Waals surface area contributed by atoms with Gasteiger partial charge in [0.15, 0.2) is 0 Å². The molecule has 0 amide bonds. The van der Waals surface area contributed by atoms with Gasteiger partial charge in [-0.1, -0.05) is 5.21 Å². The largest absolute Gasteiger partial charge is 0.507 e. The van der Waals surface area contributed by atoms with Crippen molar-refractivity contribution in [2.75, 3.05) is 0 Å². The van der Waals surface area contributed by atoms with Gasteiger partial charge in [-0.2, -0.15) is 0 Å². The molecule has 1 saturated heterocycles. The number of hydrogen-bond donors (Lipinski definition) is 2. The van der Waals surface area contributed by atoms with Crippen molar-refractivity contribution in [1.29, 1.82) is 0 Å². The van der Waals surface area contributed by atoms with Gasteiger partial charge in [-0.3, -0.25) is 0 Å². The van der Waals surface area contributed by atoms with E-state index >= 15 is 0 Å². The minimum Gasteiger partial charge on any atom is -0.507 e. The van der Waals surface area contributed by atoms with E-state index in [4.69, 9.17) is 0 Å². The minimum absolute atomic E-state index is 0.0131. The van der Waals surface area contributed by atoms with Crippen molar-refractivity contribution in [1.82, 2.24) is 40.1 Å². The van der Waals surface area contributed by atoms with E-state index in [-0.39, 0.29) is 22.9 Å². The Bertz CT molecular complexity index is 1230. The number of phenolic OH excluding ortho intramolecular Hbond substituents is 1. The standard InChI is InChI=1S/C22H26N8O/c1-21(2)11-15(12-22(3,4)27-21)30-20-18(25-28-30)10-17(24-26-20)16-6-5-14(9-19(16)31)29-8-7-23-13-29/h5-10,13,15,27,31H,11-12H2,1-4H3. The van der Waals surface area contributed by atoms with Crippen molar-refractivity contribution in [3.63, 3.8) is 0 Å². The number of aromatic nitrogens is 7. The molecule has 5 rings (SSSR count). The maximum Gasteiger partial charge on any atom is 0.201 e. The highest BCUT2D eigenvalue weighted by atomic mass is 16.3. The first-order valence-electron chi connectivity index (χ1n) is 10.4. The van der Waals surface area contributed by atoms with Crippen LogP contribution in [-0.4, -0.2) is 50.9 Å². The fraction of sp³-hybridized carbons (Fsp3) is 0.409. The van der Waals surface area contributed by atoms with Gasteiger partial charge in [0.05, 0.1) is 23.8 Å². The molecule has 0 radical (unpaired) electrons. The Morgan fingerprint density at radius 2 is 1.81 bits per heavy atom. The summed E-state index contributed by atoms with van der Waals surface area (Å²) in [5, 5.41) is 31.9. The molecule has 0 aliphatic carbocycles. The lowest BCUT2D eigenvalue weighted by molar-refractivity contribution is 0.127. The van der Waals surface area contributed by atoms with Crippen LogP contribution >= 0.6 is 0 Å². The molecule has 4 aromatic rings. The van der Waals surface area contributed by atoms with Gasteiger partial charge in [-0.05, 0) is 58.7 Å². The summed E-state index contributed by atoms with van der Waals surface area (Å²) in [5.41, 5.74) is 3.27. The van der Waals surface area contributed by atoms with Crippen LogP contribution in [0.3, 0.4) is 0 Å². The molecular weight excluding hydrogens is 392 g/mol. The van der Waals surface area contributed by atoms with Gasteiger partial charge in [0, 0.05) is 35.1 Å². The highest BCUT2D eigenvalue weighted by molar-refractivity contribution is 5.77. The number of imidazole rings is 1. The van der Waals surface area contributed by atoms with E-state index in [2.05, 4.69) is 58.5 Å². The molecule has 3 aromatic heterocycles. The Morgan fingerprint density at radius 3 is 2.48 bits per heavy atom. The van der Waals surface area contributed by atoms with Gasteiger partial charge in [0.25, 0.3) is 0 Å². The summed E-state index contributed by atoms with van der Waals surface area (Å²) in [6, 6.07) is 7.41. The summed E-state index contributed by atoms with van der Waals surface area (Å²) in [4.78, 5) is 4.04. The smallest absolute Gasteiger partial charge is 0.201 e. The van der Waals surface area contributed by atoms with E-state index in [9.17, 15) is 5.11 Å². The van der Waals surface area contributed by atoms with Crippen LogP contribution < -0.4 is 5.32 Å². The predicted octanol–water partition coefficient (Wildman–Crippen LogP) is 3.26.